The van der Waals surface area contributed by atoms with Crippen molar-refractivity contribution < 1.29 is 19.1 Å². The summed E-state index contributed by atoms with van der Waals surface area (Å²) in [5.41, 5.74) is 3.87. The van der Waals surface area contributed by atoms with E-state index in [1.165, 1.54) is 13.2 Å². The van der Waals surface area contributed by atoms with Crippen molar-refractivity contribution in [2.45, 2.75) is 18.9 Å². The molecular weight excluding hydrogens is 440 g/mol. The molecule has 3 aromatic carbocycles. The summed E-state index contributed by atoms with van der Waals surface area (Å²) >= 11 is 0. The van der Waals surface area contributed by atoms with Gasteiger partial charge in [-0.15, -0.1) is 0 Å². The van der Waals surface area contributed by atoms with Gasteiger partial charge in [-0.2, -0.15) is 0 Å². The number of amides is 2. The molecule has 0 radical (unpaired) electrons. The van der Waals surface area contributed by atoms with E-state index in [2.05, 4.69) is 22.5 Å². The molecule has 0 bridgehead atoms. The van der Waals surface area contributed by atoms with Crippen LogP contribution in [0.1, 0.15) is 50.2 Å². The van der Waals surface area contributed by atoms with Gasteiger partial charge in [-0.05, 0) is 73.0 Å². The van der Waals surface area contributed by atoms with Gasteiger partial charge >= 0.3 is 5.97 Å². The lowest BCUT2D eigenvalue weighted by molar-refractivity contribution is -0.111. The number of rotatable bonds is 6. The number of carbonyl (C=O) groups is 3. The number of ether oxygens (including phenoxy) is 1. The molecule has 6 nitrogen and oxygen atoms in total. The minimum atomic E-state index is -0.415. The molecule has 2 amide bonds. The third kappa shape index (κ3) is 6.92. The zero-order valence-corrected chi connectivity index (χ0v) is 19.2. The summed E-state index contributed by atoms with van der Waals surface area (Å²) in [5, 5.41) is 5.77. The van der Waals surface area contributed by atoms with Crippen LogP contribution in [0.3, 0.4) is 0 Å². The highest BCUT2D eigenvalue weighted by molar-refractivity contribution is 6.02. The first kappa shape index (κ1) is 23.5. The molecule has 1 aliphatic carbocycles. The standard InChI is InChI=1S/C29H24N2O4/c1-35-29(34)24-6-2-4-21(18-24)8-9-22-5-3-7-26(19-22)30-27(32)17-12-20-10-13-23(14-11-20)28(33)31-25-15-16-25/h2-7,10-14,17-19,25H,15-16H2,1H3,(H,30,32)(H,31,33)/b17-12+. The SMILES string of the molecule is COC(=O)c1cccc(C#Cc2cccc(NC(=O)/C=C/c3ccc(C(=O)NC4CC4)cc3)c2)c1. The Morgan fingerprint density at radius 3 is 2.26 bits per heavy atom. The van der Waals surface area contributed by atoms with E-state index in [0.717, 1.165) is 24.0 Å². The van der Waals surface area contributed by atoms with E-state index in [9.17, 15) is 14.4 Å². The van der Waals surface area contributed by atoms with Crippen molar-refractivity contribution in [2.24, 2.45) is 0 Å². The molecule has 0 atom stereocenters. The highest BCUT2D eigenvalue weighted by Crippen LogP contribution is 2.19. The molecular formula is C29H24N2O4. The summed E-state index contributed by atoms with van der Waals surface area (Å²) in [5.74, 6) is 5.30. The van der Waals surface area contributed by atoms with Gasteiger partial charge in [-0.1, -0.05) is 36.1 Å². The molecule has 0 unspecified atom stereocenters. The lowest BCUT2D eigenvalue weighted by atomic mass is 10.1. The Bertz CT molecular complexity index is 1340. The molecule has 35 heavy (non-hydrogen) atoms. The van der Waals surface area contributed by atoms with E-state index in [4.69, 9.17) is 4.74 Å². The minimum Gasteiger partial charge on any atom is -0.465 e. The lowest BCUT2D eigenvalue weighted by Crippen LogP contribution is -2.25. The second kappa shape index (κ2) is 11.0. The lowest BCUT2D eigenvalue weighted by Gasteiger charge is -2.04. The Balaban J connectivity index is 1.36. The van der Waals surface area contributed by atoms with Gasteiger partial charge in [0.25, 0.3) is 5.91 Å². The first-order valence-electron chi connectivity index (χ1n) is 11.2. The largest absolute Gasteiger partial charge is 0.465 e. The van der Waals surface area contributed by atoms with E-state index in [-0.39, 0.29) is 11.8 Å². The van der Waals surface area contributed by atoms with E-state index >= 15 is 0 Å². The molecule has 2 N–H and O–H groups in total. The average molecular weight is 465 g/mol. The monoisotopic (exact) mass is 464 g/mol. The first-order valence-corrected chi connectivity index (χ1v) is 11.2. The van der Waals surface area contributed by atoms with Gasteiger partial charge in [0.1, 0.15) is 0 Å². The van der Waals surface area contributed by atoms with Crippen molar-refractivity contribution in [3.05, 3.63) is 107 Å². The molecule has 1 aliphatic rings. The number of carbonyl (C=O) groups excluding carboxylic acids is 3. The van der Waals surface area contributed by atoms with Gasteiger partial charge in [0.05, 0.1) is 12.7 Å². The third-order valence-electron chi connectivity index (χ3n) is 5.28. The van der Waals surface area contributed by atoms with Crippen LogP contribution in [0, 0.1) is 11.8 Å². The van der Waals surface area contributed by atoms with Crippen LogP contribution >= 0.6 is 0 Å². The normalized spacial score (nSPS) is 12.4. The Kier molecular flexibility index (Phi) is 7.39. The van der Waals surface area contributed by atoms with E-state index in [1.54, 1.807) is 66.7 Å². The Labute approximate surface area is 204 Å². The van der Waals surface area contributed by atoms with Crippen LogP contribution < -0.4 is 10.6 Å². The smallest absolute Gasteiger partial charge is 0.337 e. The highest BCUT2D eigenvalue weighted by Gasteiger charge is 2.23. The van der Waals surface area contributed by atoms with E-state index in [0.29, 0.717) is 28.4 Å². The Hall–Kier alpha value is -4.63. The van der Waals surface area contributed by atoms with Gasteiger partial charge in [-0.25, -0.2) is 4.79 Å². The zero-order chi connectivity index (χ0) is 24.6. The van der Waals surface area contributed by atoms with Crippen LogP contribution in [0.4, 0.5) is 5.69 Å². The molecule has 0 heterocycles. The number of hydrogen-bond acceptors (Lipinski definition) is 4. The molecule has 1 saturated carbocycles. The molecule has 3 aromatic rings. The fraction of sp³-hybridized carbons (Fsp3) is 0.138. The molecule has 0 saturated heterocycles. The predicted molar refractivity (Wildman–Crippen MR) is 135 cm³/mol. The van der Waals surface area contributed by atoms with Crippen LogP contribution in [0.5, 0.6) is 0 Å². The van der Waals surface area contributed by atoms with Gasteiger partial charge in [0.2, 0.25) is 5.91 Å². The van der Waals surface area contributed by atoms with Crippen molar-refractivity contribution in [3.8, 4) is 11.8 Å². The quantitative estimate of drug-likeness (QED) is 0.321. The molecule has 6 heteroatoms. The maximum absolute atomic E-state index is 12.4. The zero-order valence-electron chi connectivity index (χ0n) is 19.2. The second-order valence-corrected chi connectivity index (χ2v) is 8.10. The van der Waals surface area contributed by atoms with Crippen molar-refractivity contribution in [2.75, 3.05) is 12.4 Å². The Morgan fingerprint density at radius 2 is 1.57 bits per heavy atom. The molecule has 0 spiro atoms. The molecule has 0 aromatic heterocycles. The van der Waals surface area contributed by atoms with Gasteiger partial charge < -0.3 is 15.4 Å². The summed E-state index contributed by atoms with van der Waals surface area (Å²) in [7, 11) is 1.34. The molecule has 1 fully saturated rings. The fourth-order valence-corrected chi connectivity index (χ4v) is 3.26. The predicted octanol–water partition coefficient (Wildman–Crippen LogP) is 4.42. The number of benzene rings is 3. The third-order valence-corrected chi connectivity index (χ3v) is 5.28. The van der Waals surface area contributed by atoms with Crippen LogP contribution in [-0.4, -0.2) is 30.9 Å². The Morgan fingerprint density at radius 1 is 0.886 bits per heavy atom. The summed E-state index contributed by atoms with van der Waals surface area (Å²) in [4.78, 5) is 36.1. The van der Waals surface area contributed by atoms with Gasteiger partial charge in [0.15, 0.2) is 0 Å². The summed E-state index contributed by atoms with van der Waals surface area (Å²) in [6, 6.07) is 21.5. The van der Waals surface area contributed by atoms with Crippen molar-refractivity contribution in [3.63, 3.8) is 0 Å². The highest BCUT2D eigenvalue weighted by atomic mass is 16.5. The van der Waals surface area contributed by atoms with Crippen LogP contribution in [0.2, 0.25) is 0 Å². The summed E-state index contributed by atoms with van der Waals surface area (Å²) < 4.78 is 4.73. The molecule has 4 rings (SSSR count). The maximum Gasteiger partial charge on any atom is 0.337 e. The van der Waals surface area contributed by atoms with Crippen molar-refractivity contribution >= 4 is 29.5 Å². The molecule has 0 aliphatic heterocycles. The molecule has 174 valence electrons. The van der Waals surface area contributed by atoms with Crippen LogP contribution in [-0.2, 0) is 9.53 Å². The van der Waals surface area contributed by atoms with Gasteiger partial charge in [-0.3, -0.25) is 9.59 Å². The summed E-state index contributed by atoms with van der Waals surface area (Å²) in [6.45, 7) is 0. The number of methoxy groups -OCH3 is 1. The van der Waals surface area contributed by atoms with Crippen LogP contribution in [0.25, 0.3) is 6.08 Å². The summed E-state index contributed by atoms with van der Waals surface area (Å²) in [6.07, 6.45) is 5.22. The van der Waals surface area contributed by atoms with E-state index in [1.807, 2.05) is 12.1 Å². The second-order valence-electron chi connectivity index (χ2n) is 8.10. The first-order chi connectivity index (χ1) is 17.0. The van der Waals surface area contributed by atoms with E-state index < -0.39 is 5.97 Å². The average Bonchev–Trinajstić information content (AvgIpc) is 3.70. The van der Waals surface area contributed by atoms with Crippen molar-refractivity contribution in [1.29, 1.82) is 0 Å². The fourth-order valence-electron chi connectivity index (χ4n) is 3.26. The maximum atomic E-state index is 12.4. The van der Waals surface area contributed by atoms with Gasteiger partial charge in [0, 0.05) is 34.5 Å². The van der Waals surface area contributed by atoms with Crippen molar-refractivity contribution in [1.82, 2.24) is 5.32 Å². The number of esters is 1. The number of nitrogens with one attached hydrogen (secondary N) is 2. The number of hydrogen-bond donors (Lipinski definition) is 2. The van der Waals surface area contributed by atoms with Crippen LogP contribution in [0.15, 0.2) is 78.9 Å². The topological polar surface area (TPSA) is 84.5 Å². The number of anilines is 1. The minimum absolute atomic E-state index is 0.0695.